The van der Waals surface area contributed by atoms with Gasteiger partial charge in [0.1, 0.15) is 0 Å². The lowest BCUT2D eigenvalue weighted by Gasteiger charge is -2.42. The highest BCUT2D eigenvalue weighted by atomic mass is 19.4. The van der Waals surface area contributed by atoms with Crippen LogP contribution in [0.25, 0.3) is 0 Å². The van der Waals surface area contributed by atoms with Crippen molar-refractivity contribution in [1.29, 1.82) is 0 Å². The van der Waals surface area contributed by atoms with Gasteiger partial charge in [0.05, 0.1) is 17.2 Å². The Morgan fingerprint density at radius 3 is 2.28 bits per heavy atom. The molecule has 1 aliphatic heterocycles. The van der Waals surface area contributed by atoms with E-state index >= 15 is 0 Å². The van der Waals surface area contributed by atoms with E-state index in [2.05, 4.69) is 18.4 Å². The van der Waals surface area contributed by atoms with Crippen molar-refractivity contribution >= 4 is 5.97 Å². The van der Waals surface area contributed by atoms with Gasteiger partial charge >= 0.3 is 18.3 Å². The van der Waals surface area contributed by atoms with Gasteiger partial charge in [-0.1, -0.05) is 42.7 Å². The Kier molecular flexibility index (Phi) is 8.19. The Morgan fingerprint density at radius 2 is 1.72 bits per heavy atom. The molecular formula is C27H25F6NO2. The van der Waals surface area contributed by atoms with E-state index in [4.69, 9.17) is 0 Å². The van der Waals surface area contributed by atoms with Gasteiger partial charge in [-0.05, 0) is 66.6 Å². The summed E-state index contributed by atoms with van der Waals surface area (Å²) in [6.07, 6.45) is -8.44. The van der Waals surface area contributed by atoms with Crippen LogP contribution in [0.5, 0.6) is 0 Å². The molecule has 0 unspecified atom stereocenters. The second-order valence-electron chi connectivity index (χ2n) is 8.94. The molecule has 0 amide bonds. The van der Waals surface area contributed by atoms with E-state index in [9.17, 15) is 36.2 Å². The zero-order chi connectivity index (χ0) is 26.7. The van der Waals surface area contributed by atoms with Gasteiger partial charge in [-0.15, -0.1) is 0 Å². The van der Waals surface area contributed by atoms with E-state index in [1.165, 1.54) is 24.3 Å². The van der Waals surface area contributed by atoms with E-state index in [0.717, 1.165) is 24.3 Å². The Balaban J connectivity index is 2.08. The lowest BCUT2D eigenvalue weighted by molar-refractivity contribution is -0.139. The SMILES string of the molecule is C=C(C)C#C[C@@H](c1cccc(C(F)(F)F)c1)N1CC[C@H](CC(=O)O)C[C@@H]1c1ccc(C(F)(F)F)cc1. The van der Waals surface area contributed by atoms with Crippen LogP contribution < -0.4 is 0 Å². The third-order valence-corrected chi connectivity index (χ3v) is 6.12. The zero-order valence-electron chi connectivity index (χ0n) is 19.5. The lowest BCUT2D eigenvalue weighted by atomic mass is 9.83. The monoisotopic (exact) mass is 509 g/mol. The number of hydrogen-bond donors (Lipinski definition) is 1. The molecule has 1 N–H and O–H groups in total. The van der Waals surface area contributed by atoms with Crippen molar-refractivity contribution in [2.24, 2.45) is 5.92 Å². The number of alkyl halides is 6. The van der Waals surface area contributed by atoms with Gasteiger partial charge < -0.3 is 5.11 Å². The molecule has 2 aromatic carbocycles. The van der Waals surface area contributed by atoms with Crippen LogP contribution in [0.4, 0.5) is 26.3 Å². The first-order chi connectivity index (χ1) is 16.8. The first kappa shape index (κ1) is 27.3. The summed E-state index contributed by atoms with van der Waals surface area (Å²) < 4.78 is 79.6. The van der Waals surface area contributed by atoms with Crippen molar-refractivity contribution in [3.63, 3.8) is 0 Å². The number of rotatable bonds is 5. The van der Waals surface area contributed by atoms with Gasteiger partial charge in [0, 0.05) is 19.0 Å². The van der Waals surface area contributed by atoms with Crippen LogP contribution in [0, 0.1) is 17.8 Å². The fourth-order valence-corrected chi connectivity index (χ4v) is 4.45. The summed E-state index contributed by atoms with van der Waals surface area (Å²) in [6, 6.07) is 7.99. The van der Waals surface area contributed by atoms with Gasteiger partial charge in [-0.3, -0.25) is 9.69 Å². The zero-order valence-corrected chi connectivity index (χ0v) is 19.5. The minimum atomic E-state index is -4.57. The van der Waals surface area contributed by atoms with Crippen molar-refractivity contribution in [1.82, 2.24) is 4.90 Å². The Bertz CT molecular complexity index is 1160. The molecule has 0 aromatic heterocycles. The van der Waals surface area contributed by atoms with Gasteiger partial charge in [-0.25, -0.2) is 0 Å². The van der Waals surface area contributed by atoms with Crippen molar-refractivity contribution in [2.75, 3.05) is 6.54 Å². The van der Waals surface area contributed by atoms with Crippen LogP contribution in [0.2, 0.25) is 0 Å². The molecule has 0 saturated carbocycles. The molecule has 3 nitrogen and oxygen atoms in total. The van der Waals surface area contributed by atoms with Gasteiger partial charge in [0.25, 0.3) is 0 Å². The fraction of sp³-hybridized carbons (Fsp3) is 0.370. The number of carbonyl (C=O) groups is 1. The Labute approximate surface area is 205 Å². The van der Waals surface area contributed by atoms with Crippen LogP contribution in [0.3, 0.4) is 0 Å². The number of halogens is 6. The van der Waals surface area contributed by atoms with Crippen molar-refractivity contribution in [2.45, 2.75) is 50.6 Å². The smallest absolute Gasteiger partial charge is 0.416 e. The summed E-state index contributed by atoms with van der Waals surface area (Å²) >= 11 is 0. The second kappa shape index (κ2) is 10.8. The second-order valence-corrected chi connectivity index (χ2v) is 8.94. The molecule has 3 atom stereocenters. The minimum absolute atomic E-state index is 0.114. The predicted molar refractivity (Wildman–Crippen MR) is 123 cm³/mol. The third-order valence-electron chi connectivity index (χ3n) is 6.12. The van der Waals surface area contributed by atoms with Crippen LogP contribution in [-0.4, -0.2) is 22.5 Å². The topological polar surface area (TPSA) is 40.5 Å². The quantitative estimate of drug-likeness (QED) is 0.340. The number of nitrogens with zero attached hydrogens (tertiary/aromatic N) is 1. The van der Waals surface area contributed by atoms with Crippen LogP contribution in [0.1, 0.15) is 60.5 Å². The number of likely N-dealkylation sites (tertiary alicyclic amines) is 1. The standard InChI is InChI=1S/C27H25F6NO2/c1-17(2)6-11-23(20-4-3-5-22(16-20)27(31,32)33)34-13-12-18(15-25(35)36)14-24(34)19-7-9-21(10-8-19)26(28,29)30/h3-5,7-10,16,18,23-24H,1,12-15H2,2H3,(H,35,36)/t18-,23-,24+/m0/s1. The molecule has 0 aliphatic carbocycles. The number of hydrogen-bond acceptors (Lipinski definition) is 2. The molecular weight excluding hydrogens is 484 g/mol. The molecule has 1 heterocycles. The number of piperidine rings is 1. The molecule has 1 fully saturated rings. The van der Waals surface area contributed by atoms with E-state index in [1.54, 1.807) is 6.92 Å². The predicted octanol–water partition coefficient (Wildman–Crippen LogP) is 7.27. The Hall–Kier alpha value is -3.25. The maximum Gasteiger partial charge on any atom is 0.416 e. The first-order valence-corrected chi connectivity index (χ1v) is 11.2. The molecule has 0 bridgehead atoms. The largest absolute Gasteiger partial charge is 0.481 e. The Morgan fingerprint density at radius 1 is 1.08 bits per heavy atom. The lowest BCUT2D eigenvalue weighted by Crippen LogP contribution is -2.39. The number of aliphatic carboxylic acids is 1. The summed E-state index contributed by atoms with van der Waals surface area (Å²) in [7, 11) is 0. The highest BCUT2D eigenvalue weighted by Crippen LogP contribution is 2.42. The number of carboxylic acid groups (broad SMARTS) is 1. The van der Waals surface area contributed by atoms with Crippen LogP contribution in [0.15, 0.2) is 60.7 Å². The molecule has 9 heteroatoms. The maximum atomic E-state index is 13.4. The van der Waals surface area contributed by atoms with Gasteiger partial charge in [0.2, 0.25) is 0 Å². The number of benzene rings is 2. The van der Waals surface area contributed by atoms with Crippen LogP contribution in [-0.2, 0) is 17.1 Å². The average molecular weight is 509 g/mol. The van der Waals surface area contributed by atoms with E-state index in [1.807, 2.05) is 4.90 Å². The van der Waals surface area contributed by atoms with Gasteiger partial charge in [0.15, 0.2) is 0 Å². The number of allylic oxidation sites excluding steroid dienone is 1. The molecule has 36 heavy (non-hydrogen) atoms. The van der Waals surface area contributed by atoms with E-state index < -0.39 is 41.5 Å². The highest BCUT2D eigenvalue weighted by molar-refractivity contribution is 5.67. The van der Waals surface area contributed by atoms with Crippen LogP contribution >= 0.6 is 0 Å². The summed E-state index contributed by atoms with van der Waals surface area (Å²) in [5.41, 5.74) is -0.376. The molecule has 1 saturated heterocycles. The molecule has 2 aromatic rings. The molecule has 1 aliphatic rings. The summed E-state index contributed by atoms with van der Waals surface area (Å²) in [5.74, 6) is 4.58. The maximum absolute atomic E-state index is 13.4. The normalized spacial score (nSPS) is 19.8. The average Bonchev–Trinajstić information content (AvgIpc) is 2.78. The van der Waals surface area contributed by atoms with E-state index in [-0.39, 0.29) is 17.9 Å². The fourth-order valence-electron chi connectivity index (χ4n) is 4.45. The van der Waals surface area contributed by atoms with Crippen molar-refractivity contribution in [3.8, 4) is 11.8 Å². The molecule has 3 rings (SSSR count). The summed E-state index contributed by atoms with van der Waals surface area (Å²) in [6.45, 7) is 5.69. The summed E-state index contributed by atoms with van der Waals surface area (Å²) in [4.78, 5) is 13.2. The molecule has 192 valence electrons. The first-order valence-electron chi connectivity index (χ1n) is 11.2. The summed E-state index contributed by atoms with van der Waals surface area (Å²) in [5, 5.41) is 9.28. The van der Waals surface area contributed by atoms with Gasteiger partial charge in [-0.2, -0.15) is 26.3 Å². The number of carboxylic acids is 1. The third kappa shape index (κ3) is 6.91. The highest BCUT2D eigenvalue weighted by Gasteiger charge is 2.37. The van der Waals surface area contributed by atoms with E-state index in [0.29, 0.717) is 30.5 Å². The molecule has 0 radical (unpaired) electrons. The molecule has 0 spiro atoms. The minimum Gasteiger partial charge on any atom is -0.481 e. The van der Waals surface area contributed by atoms with Crippen molar-refractivity contribution < 1.29 is 36.2 Å². The van der Waals surface area contributed by atoms with Crippen molar-refractivity contribution in [3.05, 3.63) is 82.9 Å².